The second-order valence-corrected chi connectivity index (χ2v) is 6.50. The molecule has 0 aliphatic heterocycles. The van der Waals surface area contributed by atoms with E-state index in [-0.39, 0.29) is 0 Å². The van der Waals surface area contributed by atoms with E-state index in [4.69, 9.17) is 10.5 Å². The summed E-state index contributed by atoms with van der Waals surface area (Å²) in [4.78, 5) is 20.8. The molecule has 0 fully saturated rings. The number of hydrogen-bond acceptors (Lipinski definition) is 6. The molecular weight excluding hydrogens is 368 g/mol. The Bertz CT molecular complexity index is 1190. The van der Waals surface area contributed by atoms with Crippen molar-refractivity contribution in [1.29, 1.82) is 0 Å². The second kappa shape index (κ2) is 7.59. The highest BCUT2D eigenvalue weighted by Gasteiger charge is 2.17. The Labute approximate surface area is 167 Å². The molecule has 2 aromatic heterocycles. The normalized spacial score (nSPS) is 10.8. The van der Waals surface area contributed by atoms with Gasteiger partial charge in [0, 0.05) is 11.9 Å². The number of carbonyl (C=O) groups excluding carboxylic acids is 1. The molecule has 0 unspecified atom stereocenters. The molecule has 0 bridgehead atoms. The first-order valence-corrected chi connectivity index (χ1v) is 9.06. The number of nitrogens with two attached hydrogens (primary N) is 1. The largest absolute Gasteiger partial charge is 0.481 e. The third kappa shape index (κ3) is 3.47. The van der Waals surface area contributed by atoms with Gasteiger partial charge in [-0.05, 0) is 24.6 Å². The molecule has 0 aliphatic carbocycles. The van der Waals surface area contributed by atoms with Crippen molar-refractivity contribution in [3.05, 3.63) is 71.4 Å². The van der Waals surface area contributed by atoms with Gasteiger partial charge in [-0.2, -0.15) is 19.7 Å². The van der Waals surface area contributed by atoms with Crippen molar-refractivity contribution in [1.82, 2.24) is 19.7 Å². The first-order valence-electron chi connectivity index (χ1n) is 9.06. The molecule has 146 valence electrons. The van der Waals surface area contributed by atoms with Gasteiger partial charge in [-0.15, -0.1) is 0 Å². The van der Waals surface area contributed by atoms with Crippen LogP contribution in [0, 0.1) is 6.92 Å². The Morgan fingerprint density at radius 1 is 1.14 bits per heavy atom. The Morgan fingerprint density at radius 2 is 1.93 bits per heavy atom. The fourth-order valence-electron chi connectivity index (χ4n) is 3.16. The Kier molecular flexibility index (Phi) is 4.82. The van der Waals surface area contributed by atoms with Gasteiger partial charge in [0.05, 0.1) is 30.0 Å². The quantitative estimate of drug-likeness (QED) is 0.526. The molecule has 4 aromatic rings. The number of fused-ring (bicyclic) bond motifs is 1. The number of nitrogens with zero attached hydrogens (tertiary/aromatic N) is 4. The molecule has 8 heteroatoms. The Morgan fingerprint density at radius 3 is 2.66 bits per heavy atom. The summed E-state index contributed by atoms with van der Waals surface area (Å²) in [6.45, 7) is 2.50. The van der Waals surface area contributed by atoms with Gasteiger partial charge in [0.25, 0.3) is 5.95 Å². The van der Waals surface area contributed by atoms with E-state index in [2.05, 4.69) is 20.4 Å². The van der Waals surface area contributed by atoms with Crippen LogP contribution < -0.4 is 15.8 Å². The van der Waals surface area contributed by atoms with Crippen LogP contribution in [0.25, 0.3) is 16.9 Å². The lowest BCUT2D eigenvalue weighted by Crippen LogP contribution is -2.12. The van der Waals surface area contributed by atoms with E-state index in [9.17, 15) is 4.79 Å². The number of primary amides is 1. The van der Waals surface area contributed by atoms with Crippen LogP contribution in [-0.4, -0.2) is 32.8 Å². The Hall–Kier alpha value is -3.94. The molecule has 4 rings (SSSR count). The van der Waals surface area contributed by atoms with Crippen molar-refractivity contribution in [3.8, 4) is 11.8 Å². The average Bonchev–Trinajstić information content (AvgIpc) is 3.18. The summed E-state index contributed by atoms with van der Waals surface area (Å²) in [6, 6.07) is 15.3. The number of nitrogens with one attached hydrogen (secondary N) is 1. The van der Waals surface area contributed by atoms with Gasteiger partial charge in [0.1, 0.15) is 5.82 Å². The maximum Gasteiger partial charge on any atom is 0.256 e. The van der Waals surface area contributed by atoms with Gasteiger partial charge in [-0.3, -0.25) is 4.79 Å². The summed E-state index contributed by atoms with van der Waals surface area (Å²) in [5.74, 6) is 0.910. The van der Waals surface area contributed by atoms with E-state index in [0.717, 1.165) is 11.1 Å². The first kappa shape index (κ1) is 18.4. The van der Waals surface area contributed by atoms with E-state index < -0.39 is 5.91 Å². The molecule has 0 spiro atoms. The number of aromatic nitrogens is 4. The number of anilines is 1. The third-order valence-corrected chi connectivity index (χ3v) is 4.65. The molecule has 0 radical (unpaired) electrons. The monoisotopic (exact) mass is 388 g/mol. The van der Waals surface area contributed by atoms with Crippen LogP contribution in [0.15, 0.2) is 54.7 Å². The number of amides is 1. The summed E-state index contributed by atoms with van der Waals surface area (Å²) in [5, 5.41) is 8.35. The molecule has 2 heterocycles. The van der Waals surface area contributed by atoms with Crippen molar-refractivity contribution >= 4 is 22.6 Å². The highest BCUT2D eigenvalue weighted by atomic mass is 16.5. The molecule has 3 N–H and O–H groups in total. The van der Waals surface area contributed by atoms with Crippen molar-refractivity contribution in [2.24, 2.45) is 5.73 Å². The van der Waals surface area contributed by atoms with Gasteiger partial charge in [-0.25, -0.2) is 0 Å². The van der Waals surface area contributed by atoms with E-state index in [1.165, 1.54) is 0 Å². The van der Waals surface area contributed by atoms with Crippen LogP contribution >= 0.6 is 0 Å². The first-order chi connectivity index (χ1) is 14.1. The summed E-state index contributed by atoms with van der Waals surface area (Å²) >= 11 is 0. The van der Waals surface area contributed by atoms with Crippen molar-refractivity contribution in [2.45, 2.75) is 13.5 Å². The van der Waals surface area contributed by atoms with Gasteiger partial charge >= 0.3 is 0 Å². The van der Waals surface area contributed by atoms with Crippen LogP contribution in [-0.2, 0) is 6.54 Å². The molecule has 0 aliphatic rings. The standard InChI is InChI=1S/C21H20N6O2/c1-13-19(23-11-14-7-4-3-5-8-14)25-21(26-20(13)29-2)27-17-10-6-9-15(18(22)28)16(17)12-24-27/h3-10,12H,11H2,1-2H3,(H2,22,28)(H,23,25,26). The topological polar surface area (TPSA) is 108 Å². The van der Waals surface area contributed by atoms with Crippen LogP contribution in [0.3, 0.4) is 0 Å². The van der Waals surface area contributed by atoms with Gasteiger partial charge in [0.2, 0.25) is 11.8 Å². The number of benzene rings is 2. The predicted molar refractivity (Wildman–Crippen MR) is 110 cm³/mol. The van der Waals surface area contributed by atoms with Crippen LogP contribution in [0.1, 0.15) is 21.5 Å². The molecule has 1 amide bonds. The summed E-state index contributed by atoms with van der Waals surface area (Å²) in [5.41, 5.74) is 8.47. The van der Waals surface area contributed by atoms with E-state index in [1.807, 2.05) is 43.3 Å². The molecular formula is C21H20N6O2. The average molecular weight is 388 g/mol. The molecule has 29 heavy (non-hydrogen) atoms. The fraction of sp³-hybridized carbons (Fsp3) is 0.143. The summed E-state index contributed by atoms with van der Waals surface area (Å²) in [6.07, 6.45) is 1.59. The predicted octanol–water partition coefficient (Wildman–Crippen LogP) is 2.84. The van der Waals surface area contributed by atoms with Crippen LogP contribution in [0.5, 0.6) is 5.88 Å². The summed E-state index contributed by atoms with van der Waals surface area (Å²) in [7, 11) is 1.56. The minimum atomic E-state index is -0.511. The number of methoxy groups -OCH3 is 1. The number of carbonyl (C=O) groups is 1. The minimum absolute atomic E-state index is 0.333. The molecule has 0 saturated carbocycles. The number of hydrogen-bond donors (Lipinski definition) is 2. The third-order valence-electron chi connectivity index (χ3n) is 4.65. The number of ether oxygens (including phenoxy) is 1. The maximum absolute atomic E-state index is 11.7. The second-order valence-electron chi connectivity index (χ2n) is 6.50. The molecule has 0 atom stereocenters. The van der Waals surface area contributed by atoms with Gasteiger partial charge in [-0.1, -0.05) is 36.4 Å². The zero-order chi connectivity index (χ0) is 20.4. The van der Waals surface area contributed by atoms with Crippen molar-refractivity contribution in [2.75, 3.05) is 12.4 Å². The van der Waals surface area contributed by atoms with Gasteiger partial charge in [0.15, 0.2) is 0 Å². The number of rotatable bonds is 6. The highest BCUT2D eigenvalue weighted by molar-refractivity contribution is 6.05. The highest BCUT2D eigenvalue weighted by Crippen LogP contribution is 2.26. The fourth-order valence-corrected chi connectivity index (χ4v) is 3.16. The lowest BCUT2D eigenvalue weighted by molar-refractivity contribution is 0.100. The summed E-state index contributed by atoms with van der Waals surface area (Å²) < 4.78 is 7.01. The van der Waals surface area contributed by atoms with E-state index >= 15 is 0 Å². The molecule has 8 nitrogen and oxygen atoms in total. The van der Waals surface area contributed by atoms with Crippen LogP contribution in [0.2, 0.25) is 0 Å². The minimum Gasteiger partial charge on any atom is -0.481 e. The van der Waals surface area contributed by atoms with Crippen molar-refractivity contribution in [3.63, 3.8) is 0 Å². The van der Waals surface area contributed by atoms with Gasteiger partial charge < -0.3 is 15.8 Å². The maximum atomic E-state index is 11.7. The SMILES string of the molecule is COc1nc(-n2ncc3c(C(N)=O)cccc32)nc(NCc2ccccc2)c1C. The van der Waals surface area contributed by atoms with E-state index in [1.54, 1.807) is 30.1 Å². The zero-order valence-electron chi connectivity index (χ0n) is 16.1. The van der Waals surface area contributed by atoms with E-state index in [0.29, 0.717) is 40.7 Å². The zero-order valence-corrected chi connectivity index (χ0v) is 16.1. The lowest BCUT2D eigenvalue weighted by Gasteiger charge is -2.13. The molecule has 2 aromatic carbocycles. The smallest absolute Gasteiger partial charge is 0.256 e. The van der Waals surface area contributed by atoms with Crippen LogP contribution in [0.4, 0.5) is 5.82 Å². The molecule has 0 saturated heterocycles. The van der Waals surface area contributed by atoms with Crippen molar-refractivity contribution < 1.29 is 9.53 Å². The Balaban J connectivity index is 1.77. The lowest BCUT2D eigenvalue weighted by atomic mass is 10.1.